The van der Waals surface area contributed by atoms with Crippen molar-refractivity contribution < 1.29 is 23.8 Å². The van der Waals surface area contributed by atoms with Gasteiger partial charge >= 0.3 is 12.1 Å². The zero-order valence-electron chi connectivity index (χ0n) is 16.8. The lowest BCUT2D eigenvalue weighted by molar-refractivity contribution is 0.209. The van der Waals surface area contributed by atoms with E-state index in [1.807, 2.05) is 0 Å². The largest absolute Gasteiger partial charge is 0.465 e. The molecule has 0 aliphatic rings. The lowest BCUT2D eigenvalue weighted by atomic mass is 10.2. The monoisotopic (exact) mass is 435 g/mol. The molecule has 0 saturated carbocycles. The third kappa shape index (κ3) is 4.29. The maximum Gasteiger partial charge on any atom is 0.411 e. The Balaban J connectivity index is 1.57. The molecule has 4 aromatic rings. The molecule has 0 atom stereocenters. The van der Waals surface area contributed by atoms with Crippen LogP contribution in [-0.2, 0) is 0 Å². The highest BCUT2D eigenvalue weighted by Crippen LogP contribution is 2.31. The van der Waals surface area contributed by atoms with Gasteiger partial charge in [0.1, 0.15) is 17.3 Å². The Kier molecular flexibility index (Phi) is 5.34. The van der Waals surface area contributed by atoms with Crippen molar-refractivity contribution >= 4 is 40.5 Å². The van der Waals surface area contributed by atoms with Gasteiger partial charge in [0, 0.05) is 6.07 Å². The average Bonchev–Trinajstić information content (AvgIpc) is 3.12. The van der Waals surface area contributed by atoms with Crippen LogP contribution in [0.1, 0.15) is 5.56 Å². The highest BCUT2D eigenvalue weighted by Gasteiger charge is 2.19. The molecule has 1 heterocycles. The molecule has 0 unspecified atom stereocenters. The number of rotatable bonds is 5. The number of carbonyl (C=O) groups excluding carboxylic acids is 1. The topological polar surface area (TPSA) is 134 Å². The van der Waals surface area contributed by atoms with E-state index in [0.29, 0.717) is 28.2 Å². The molecule has 4 rings (SSSR count). The average molecular weight is 435 g/mol. The van der Waals surface area contributed by atoms with E-state index in [0.717, 1.165) is 10.5 Å². The van der Waals surface area contributed by atoms with Crippen LogP contribution in [0.3, 0.4) is 0 Å². The number of hydrogen-bond acceptors (Lipinski definition) is 4. The van der Waals surface area contributed by atoms with Gasteiger partial charge in [-0.1, -0.05) is 6.07 Å². The molecule has 162 valence electrons. The Labute approximate surface area is 181 Å². The number of hydrogen-bond donors (Lipinski definition) is 4. The molecule has 0 radical (unpaired) electrons. The van der Waals surface area contributed by atoms with E-state index in [4.69, 9.17) is 15.6 Å². The number of ether oxygens (including phenoxy) is 1. The van der Waals surface area contributed by atoms with E-state index in [2.05, 4.69) is 15.3 Å². The first-order valence-electron chi connectivity index (χ1n) is 9.43. The maximum atomic E-state index is 14.3. The smallest absolute Gasteiger partial charge is 0.411 e. The van der Waals surface area contributed by atoms with Crippen LogP contribution >= 0.6 is 0 Å². The van der Waals surface area contributed by atoms with Crippen LogP contribution in [-0.4, -0.2) is 27.2 Å². The van der Waals surface area contributed by atoms with Crippen LogP contribution in [0.2, 0.25) is 0 Å². The van der Waals surface area contributed by atoms with E-state index in [1.165, 1.54) is 12.1 Å². The minimum Gasteiger partial charge on any atom is -0.465 e. The third-order valence-electron chi connectivity index (χ3n) is 4.57. The number of nitrogens with one attached hydrogen (secondary N) is 2. The summed E-state index contributed by atoms with van der Waals surface area (Å²) in [6.45, 7) is 1.79. The third-order valence-corrected chi connectivity index (χ3v) is 4.57. The minimum absolute atomic E-state index is 0.0571. The van der Waals surface area contributed by atoms with Crippen molar-refractivity contribution in [2.45, 2.75) is 6.92 Å². The van der Waals surface area contributed by atoms with Crippen LogP contribution in [0, 0.1) is 12.7 Å². The normalized spacial score (nSPS) is 10.7. The summed E-state index contributed by atoms with van der Waals surface area (Å²) < 4.78 is 20.1. The van der Waals surface area contributed by atoms with Gasteiger partial charge in [0.2, 0.25) is 5.95 Å². The SMILES string of the molecule is Cc1ccc(F)c(N(C(N)=O)c2ccc(Oc3ccc4nc(NC(=O)O)[nH]c4c3)cc2)c1. The number of H-pyrrole nitrogens is 1. The molecule has 0 aliphatic carbocycles. The highest BCUT2D eigenvalue weighted by atomic mass is 19.1. The molecule has 9 nitrogen and oxygen atoms in total. The predicted molar refractivity (Wildman–Crippen MR) is 117 cm³/mol. The maximum absolute atomic E-state index is 14.3. The summed E-state index contributed by atoms with van der Waals surface area (Å²) in [7, 11) is 0. The highest BCUT2D eigenvalue weighted by molar-refractivity contribution is 5.98. The molecule has 1 aromatic heterocycles. The van der Waals surface area contributed by atoms with Crippen molar-refractivity contribution in [1.82, 2.24) is 9.97 Å². The molecule has 5 N–H and O–H groups in total. The first-order valence-corrected chi connectivity index (χ1v) is 9.43. The standard InChI is InChI=1S/C22H18FN5O4/c1-12-2-8-16(23)19(10-12)28(20(24)29)13-3-5-14(6-4-13)32-15-7-9-17-18(11-15)26-21(25-17)27-22(30)31/h2-11H,1H3,(H2,24,29)(H,30,31)(H2,25,26,27). The predicted octanol–water partition coefficient (Wildman–Crippen LogP) is 5.11. The van der Waals surface area contributed by atoms with Crippen LogP contribution in [0.25, 0.3) is 11.0 Å². The number of carboxylic acid groups (broad SMARTS) is 1. The summed E-state index contributed by atoms with van der Waals surface area (Å²) in [5.41, 5.74) is 7.86. The van der Waals surface area contributed by atoms with E-state index in [1.54, 1.807) is 55.5 Å². The number of fused-ring (bicyclic) bond motifs is 1. The molecule has 0 fully saturated rings. The van der Waals surface area contributed by atoms with Crippen molar-refractivity contribution in [1.29, 1.82) is 0 Å². The number of halogens is 1. The van der Waals surface area contributed by atoms with Crippen LogP contribution in [0.5, 0.6) is 11.5 Å². The molecule has 10 heteroatoms. The van der Waals surface area contributed by atoms with E-state index in [9.17, 15) is 14.0 Å². The lowest BCUT2D eigenvalue weighted by Crippen LogP contribution is -2.32. The number of urea groups is 1. The molecule has 3 aromatic carbocycles. The Morgan fingerprint density at radius 3 is 2.50 bits per heavy atom. The van der Waals surface area contributed by atoms with Crippen molar-refractivity contribution in [3.8, 4) is 11.5 Å². The Morgan fingerprint density at radius 2 is 1.81 bits per heavy atom. The summed E-state index contributed by atoms with van der Waals surface area (Å²) in [4.78, 5) is 30.8. The van der Waals surface area contributed by atoms with Gasteiger partial charge in [-0.25, -0.2) is 19.0 Å². The van der Waals surface area contributed by atoms with E-state index < -0.39 is 17.9 Å². The first-order chi connectivity index (χ1) is 15.3. The van der Waals surface area contributed by atoms with Crippen molar-refractivity contribution in [3.63, 3.8) is 0 Å². The fourth-order valence-electron chi connectivity index (χ4n) is 3.19. The van der Waals surface area contributed by atoms with Gasteiger partial charge < -0.3 is 20.6 Å². The number of carbonyl (C=O) groups is 2. The Morgan fingerprint density at radius 1 is 1.09 bits per heavy atom. The molecule has 3 amide bonds. The second kappa shape index (κ2) is 8.26. The number of benzene rings is 3. The van der Waals surface area contributed by atoms with E-state index >= 15 is 0 Å². The van der Waals surface area contributed by atoms with Crippen LogP contribution < -0.4 is 20.7 Å². The molecule has 0 saturated heterocycles. The zero-order chi connectivity index (χ0) is 22.8. The number of aryl methyl sites for hydroxylation is 1. The lowest BCUT2D eigenvalue weighted by Gasteiger charge is -2.22. The van der Waals surface area contributed by atoms with Gasteiger partial charge in [0.15, 0.2) is 0 Å². The van der Waals surface area contributed by atoms with Gasteiger partial charge in [0.05, 0.1) is 22.4 Å². The fourth-order valence-corrected chi connectivity index (χ4v) is 3.19. The van der Waals surface area contributed by atoms with Crippen LogP contribution in [0.4, 0.5) is 31.3 Å². The minimum atomic E-state index is -1.23. The second-order valence-corrected chi connectivity index (χ2v) is 6.92. The van der Waals surface area contributed by atoms with E-state index in [-0.39, 0.29) is 11.6 Å². The van der Waals surface area contributed by atoms with Gasteiger partial charge in [0.25, 0.3) is 0 Å². The van der Waals surface area contributed by atoms with Crippen molar-refractivity contribution in [3.05, 3.63) is 72.0 Å². The first kappa shape index (κ1) is 20.7. The van der Waals surface area contributed by atoms with Crippen LogP contribution in [0.15, 0.2) is 60.7 Å². The number of anilines is 3. The summed E-state index contributed by atoms with van der Waals surface area (Å²) in [5, 5.41) is 10.9. The van der Waals surface area contributed by atoms with Gasteiger partial charge in [-0.15, -0.1) is 0 Å². The molecular weight excluding hydrogens is 417 g/mol. The Bertz CT molecular complexity index is 1320. The molecule has 0 bridgehead atoms. The number of aromatic amines is 1. The Hall–Kier alpha value is -4.60. The number of primary amides is 1. The summed E-state index contributed by atoms with van der Waals surface area (Å²) in [5.74, 6) is 0.473. The molecule has 0 spiro atoms. The second-order valence-electron chi connectivity index (χ2n) is 6.92. The molecular formula is C22H18FN5O4. The molecule has 0 aliphatic heterocycles. The quantitative estimate of drug-likeness (QED) is 0.346. The van der Waals surface area contributed by atoms with Gasteiger partial charge in [-0.3, -0.25) is 10.2 Å². The summed E-state index contributed by atoms with van der Waals surface area (Å²) in [6, 6.07) is 15.0. The summed E-state index contributed by atoms with van der Waals surface area (Å²) in [6.07, 6.45) is -1.23. The number of amides is 3. The van der Waals surface area contributed by atoms with Gasteiger partial charge in [-0.2, -0.15) is 0 Å². The zero-order valence-corrected chi connectivity index (χ0v) is 16.8. The fraction of sp³-hybridized carbons (Fsp3) is 0.0455. The number of nitrogens with zero attached hydrogens (tertiary/aromatic N) is 2. The summed E-state index contributed by atoms with van der Waals surface area (Å²) >= 11 is 0. The number of imidazole rings is 1. The van der Waals surface area contributed by atoms with Crippen molar-refractivity contribution in [2.75, 3.05) is 10.2 Å². The van der Waals surface area contributed by atoms with Gasteiger partial charge in [-0.05, 0) is 61.0 Å². The number of aromatic nitrogens is 2. The molecule has 32 heavy (non-hydrogen) atoms. The number of nitrogens with two attached hydrogens (primary N) is 1. The van der Waals surface area contributed by atoms with Crippen molar-refractivity contribution in [2.24, 2.45) is 5.73 Å².